The van der Waals surface area contributed by atoms with Gasteiger partial charge in [0.15, 0.2) is 5.96 Å². The zero-order valence-electron chi connectivity index (χ0n) is 13.5. The number of hydrogen-bond acceptors (Lipinski definition) is 3. The normalized spacial score (nSPS) is 14.1. The average molecular weight is 515 g/mol. The summed E-state index contributed by atoms with van der Waals surface area (Å²) in [7, 11) is 3.80. The Bertz CT molecular complexity index is 533. The first-order valence-electron chi connectivity index (χ1n) is 7.54. The number of rotatable bonds is 7. The lowest BCUT2D eigenvalue weighted by Gasteiger charge is -2.21. The van der Waals surface area contributed by atoms with Gasteiger partial charge in [0.2, 0.25) is 5.91 Å². The summed E-state index contributed by atoms with van der Waals surface area (Å²) in [5.74, 6) is 1.02. The number of aliphatic imine (C=N–C) groups is 1. The van der Waals surface area contributed by atoms with Crippen LogP contribution in [0.3, 0.4) is 0 Å². The number of hydrogen-bond donors (Lipinski definition) is 2. The second kappa shape index (κ2) is 10.5. The monoisotopic (exact) mass is 514 g/mol. The first-order valence-corrected chi connectivity index (χ1v) is 9.15. The molecule has 130 valence electrons. The van der Waals surface area contributed by atoms with Crippen molar-refractivity contribution in [3.63, 3.8) is 0 Å². The van der Waals surface area contributed by atoms with Crippen LogP contribution >= 0.6 is 51.2 Å². The van der Waals surface area contributed by atoms with Crippen molar-refractivity contribution in [2.45, 2.75) is 38.3 Å². The minimum Gasteiger partial charge on any atom is -0.356 e. The van der Waals surface area contributed by atoms with Gasteiger partial charge in [0.05, 0.1) is 10.3 Å². The van der Waals surface area contributed by atoms with Crippen LogP contribution < -0.4 is 10.6 Å². The lowest BCUT2D eigenvalue weighted by atomic mass is 10.3. The van der Waals surface area contributed by atoms with Gasteiger partial charge < -0.3 is 15.5 Å². The summed E-state index contributed by atoms with van der Waals surface area (Å²) in [6, 6.07) is 4.62. The summed E-state index contributed by atoms with van der Waals surface area (Å²) in [4.78, 5) is 19.3. The smallest absolute Gasteiger partial charge is 0.220 e. The van der Waals surface area contributed by atoms with Crippen LogP contribution in [0.4, 0.5) is 0 Å². The van der Waals surface area contributed by atoms with Gasteiger partial charge in [-0.1, -0.05) is 0 Å². The molecule has 2 rings (SSSR count). The molecular weight excluding hydrogens is 491 g/mol. The maximum absolute atomic E-state index is 11.6. The molecule has 0 saturated heterocycles. The van der Waals surface area contributed by atoms with Crippen LogP contribution in [-0.2, 0) is 11.3 Å². The van der Waals surface area contributed by atoms with E-state index in [1.807, 2.05) is 7.05 Å². The van der Waals surface area contributed by atoms with E-state index in [1.165, 1.54) is 4.88 Å². The van der Waals surface area contributed by atoms with Gasteiger partial charge in [-0.3, -0.25) is 9.79 Å². The van der Waals surface area contributed by atoms with Crippen LogP contribution in [0.2, 0.25) is 0 Å². The third-order valence-electron chi connectivity index (χ3n) is 3.40. The van der Waals surface area contributed by atoms with E-state index < -0.39 is 0 Å². The molecule has 1 fully saturated rings. The van der Waals surface area contributed by atoms with Crippen molar-refractivity contribution in [2.75, 3.05) is 20.6 Å². The Morgan fingerprint density at radius 2 is 2.22 bits per heavy atom. The molecule has 1 aromatic heterocycles. The molecule has 8 heteroatoms. The summed E-state index contributed by atoms with van der Waals surface area (Å²) >= 11 is 5.21. The molecule has 1 amide bonds. The first kappa shape index (κ1) is 20.7. The Labute approximate surface area is 167 Å². The molecule has 0 bridgehead atoms. The predicted molar refractivity (Wildman–Crippen MR) is 111 cm³/mol. The molecule has 1 aromatic rings. The Morgan fingerprint density at radius 3 is 2.78 bits per heavy atom. The molecule has 1 saturated carbocycles. The summed E-state index contributed by atoms with van der Waals surface area (Å²) in [5, 5.41) is 6.31. The number of carbonyl (C=O) groups is 1. The highest BCUT2D eigenvalue weighted by molar-refractivity contribution is 14.0. The van der Waals surface area contributed by atoms with Gasteiger partial charge in [0.1, 0.15) is 0 Å². The maximum atomic E-state index is 11.6. The lowest BCUT2D eigenvalue weighted by molar-refractivity contribution is -0.121. The number of carbonyl (C=O) groups excluding carboxylic acids is 1. The number of guanidine groups is 1. The summed E-state index contributed by atoms with van der Waals surface area (Å²) in [6.45, 7) is 1.57. The number of halogens is 2. The second-order valence-corrected chi connectivity index (χ2v) is 8.03. The van der Waals surface area contributed by atoms with Gasteiger partial charge in [0, 0.05) is 38.0 Å². The molecule has 1 aliphatic rings. The van der Waals surface area contributed by atoms with Crippen molar-refractivity contribution < 1.29 is 4.79 Å². The Hall–Kier alpha value is -0.350. The molecule has 1 aliphatic carbocycles. The van der Waals surface area contributed by atoms with E-state index in [9.17, 15) is 4.79 Å². The molecule has 2 N–H and O–H groups in total. The van der Waals surface area contributed by atoms with E-state index >= 15 is 0 Å². The van der Waals surface area contributed by atoms with Crippen molar-refractivity contribution in [3.8, 4) is 0 Å². The fraction of sp³-hybridized carbons (Fsp3) is 0.600. The minimum absolute atomic E-state index is 0. The van der Waals surface area contributed by atoms with E-state index in [0.29, 0.717) is 12.5 Å². The standard InChI is InChI=1S/C15H23BrN4OS.HI/c1-17-15(20(2)10-12-7-8-13(16)22-12)18-9-3-4-14(21)19-11-5-6-11;/h7-8,11H,3-6,9-10H2,1-2H3,(H,17,18)(H,19,21);1H. The number of thiophene rings is 1. The van der Waals surface area contributed by atoms with E-state index in [2.05, 4.69) is 48.6 Å². The topological polar surface area (TPSA) is 56.7 Å². The largest absolute Gasteiger partial charge is 0.356 e. The van der Waals surface area contributed by atoms with Crippen molar-refractivity contribution in [2.24, 2.45) is 4.99 Å². The predicted octanol–water partition coefficient (Wildman–Crippen LogP) is 3.19. The molecule has 23 heavy (non-hydrogen) atoms. The van der Waals surface area contributed by atoms with Crippen LogP contribution in [0.5, 0.6) is 0 Å². The van der Waals surface area contributed by atoms with E-state index in [0.717, 1.165) is 42.1 Å². The number of nitrogens with zero attached hydrogens (tertiary/aromatic N) is 2. The third-order valence-corrected chi connectivity index (χ3v) is 5.01. The highest BCUT2D eigenvalue weighted by Crippen LogP contribution is 2.23. The molecular formula is C15H24BrIN4OS. The highest BCUT2D eigenvalue weighted by atomic mass is 127. The zero-order valence-corrected chi connectivity index (χ0v) is 18.2. The van der Waals surface area contributed by atoms with Gasteiger partial charge in [-0.05, 0) is 47.3 Å². The molecule has 0 radical (unpaired) electrons. The van der Waals surface area contributed by atoms with Crippen LogP contribution in [0.25, 0.3) is 0 Å². The third kappa shape index (κ3) is 7.84. The Morgan fingerprint density at radius 1 is 1.48 bits per heavy atom. The lowest BCUT2D eigenvalue weighted by Crippen LogP contribution is -2.39. The van der Waals surface area contributed by atoms with Crippen molar-refractivity contribution in [3.05, 3.63) is 20.8 Å². The van der Waals surface area contributed by atoms with Gasteiger partial charge >= 0.3 is 0 Å². The summed E-state index contributed by atoms with van der Waals surface area (Å²) in [5.41, 5.74) is 0. The fourth-order valence-corrected chi connectivity index (χ4v) is 3.64. The van der Waals surface area contributed by atoms with Crippen molar-refractivity contribution in [1.29, 1.82) is 0 Å². The quantitative estimate of drug-likeness (QED) is 0.254. The Balaban J connectivity index is 0.00000264. The van der Waals surface area contributed by atoms with Gasteiger partial charge in [-0.2, -0.15) is 0 Å². The average Bonchev–Trinajstić information content (AvgIpc) is 3.19. The SMILES string of the molecule is CN=C(NCCCC(=O)NC1CC1)N(C)Cc1ccc(Br)s1.I. The Kier molecular flexibility index (Phi) is 9.45. The molecule has 5 nitrogen and oxygen atoms in total. The molecule has 0 aromatic carbocycles. The van der Waals surface area contributed by atoms with Gasteiger partial charge in [0.25, 0.3) is 0 Å². The van der Waals surface area contributed by atoms with E-state index in [4.69, 9.17) is 0 Å². The molecule has 0 spiro atoms. The minimum atomic E-state index is 0. The maximum Gasteiger partial charge on any atom is 0.220 e. The number of amides is 1. The molecule has 1 heterocycles. The van der Waals surface area contributed by atoms with Crippen LogP contribution in [0.15, 0.2) is 20.9 Å². The van der Waals surface area contributed by atoms with Gasteiger partial charge in [-0.15, -0.1) is 35.3 Å². The second-order valence-electron chi connectivity index (χ2n) is 5.48. The fourth-order valence-electron chi connectivity index (χ4n) is 2.11. The van der Waals surface area contributed by atoms with Crippen molar-refractivity contribution >= 4 is 63.1 Å². The first-order chi connectivity index (χ1) is 10.6. The van der Waals surface area contributed by atoms with E-state index in [1.54, 1.807) is 18.4 Å². The van der Waals surface area contributed by atoms with Crippen LogP contribution in [-0.4, -0.2) is 43.4 Å². The van der Waals surface area contributed by atoms with E-state index in [-0.39, 0.29) is 29.9 Å². The van der Waals surface area contributed by atoms with Crippen molar-refractivity contribution in [1.82, 2.24) is 15.5 Å². The van der Waals surface area contributed by atoms with Gasteiger partial charge in [-0.25, -0.2) is 0 Å². The zero-order chi connectivity index (χ0) is 15.9. The number of nitrogens with one attached hydrogen (secondary N) is 2. The highest BCUT2D eigenvalue weighted by Gasteiger charge is 2.22. The van der Waals surface area contributed by atoms with Crippen LogP contribution in [0, 0.1) is 0 Å². The van der Waals surface area contributed by atoms with Crippen LogP contribution in [0.1, 0.15) is 30.6 Å². The molecule has 0 aliphatic heterocycles. The molecule has 0 unspecified atom stereocenters. The summed E-state index contributed by atoms with van der Waals surface area (Å²) in [6.07, 6.45) is 3.67. The molecule has 0 atom stereocenters. The summed E-state index contributed by atoms with van der Waals surface area (Å²) < 4.78 is 1.14.